The lowest BCUT2D eigenvalue weighted by molar-refractivity contribution is -0.137. The van der Waals surface area contributed by atoms with Crippen LogP contribution in [0.1, 0.15) is 35.2 Å². The van der Waals surface area contributed by atoms with E-state index < -0.39 is 17.6 Å². The quantitative estimate of drug-likeness (QED) is 0.856. The Morgan fingerprint density at radius 1 is 1.16 bits per heavy atom. The van der Waals surface area contributed by atoms with Crippen molar-refractivity contribution in [3.8, 4) is 5.75 Å². The maximum absolute atomic E-state index is 12.7. The Morgan fingerprint density at radius 2 is 1.88 bits per heavy atom. The van der Waals surface area contributed by atoms with Crippen molar-refractivity contribution in [2.45, 2.75) is 33.0 Å². The number of aryl methyl sites for hydroxylation is 2. The second kappa shape index (κ2) is 7.59. The van der Waals surface area contributed by atoms with Crippen LogP contribution < -0.4 is 10.1 Å². The summed E-state index contributed by atoms with van der Waals surface area (Å²) in [6, 6.07) is 10.2. The van der Waals surface area contributed by atoms with Gasteiger partial charge in [0.2, 0.25) is 0 Å². The molecular weight excluding hydrogens is 331 g/mol. The van der Waals surface area contributed by atoms with Crippen LogP contribution in [0.2, 0.25) is 0 Å². The summed E-state index contributed by atoms with van der Waals surface area (Å²) in [5, 5.41) is 2.79. The SMILES string of the molecule is Cc1ccc(C)c(C(C)NC(=O)COc2cccc(C(F)(F)F)c2)c1. The van der Waals surface area contributed by atoms with Gasteiger partial charge in [0.05, 0.1) is 11.6 Å². The molecule has 1 unspecified atom stereocenters. The molecular formula is C19H20F3NO2. The van der Waals surface area contributed by atoms with E-state index in [-0.39, 0.29) is 18.4 Å². The minimum Gasteiger partial charge on any atom is -0.484 e. The Morgan fingerprint density at radius 3 is 2.56 bits per heavy atom. The van der Waals surface area contributed by atoms with Crippen molar-refractivity contribution >= 4 is 5.91 Å². The molecule has 1 N–H and O–H groups in total. The lowest BCUT2D eigenvalue weighted by Crippen LogP contribution is -2.31. The van der Waals surface area contributed by atoms with Gasteiger partial charge in [-0.25, -0.2) is 0 Å². The molecule has 0 aliphatic heterocycles. The molecule has 0 aliphatic carbocycles. The van der Waals surface area contributed by atoms with E-state index in [1.165, 1.54) is 12.1 Å². The zero-order chi connectivity index (χ0) is 18.6. The highest BCUT2D eigenvalue weighted by Crippen LogP contribution is 2.31. The zero-order valence-corrected chi connectivity index (χ0v) is 14.3. The Bertz CT molecular complexity index is 757. The Labute approximate surface area is 144 Å². The number of alkyl halides is 3. The molecule has 25 heavy (non-hydrogen) atoms. The number of hydrogen-bond acceptors (Lipinski definition) is 2. The van der Waals surface area contributed by atoms with Gasteiger partial charge < -0.3 is 10.1 Å². The lowest BCUT2D eigenvalue weighted by Gasteiger charge is -2.17. The van der Waals surface area contributed by atoms with E-state index in [4.69, 9.17) is 4.74 Å². The van der Waals surface area contributed by atoms with Gasteiger partial charge in [0, 0.05) is 0 Å². The number of carbonyl (C=O) groups excluding carboxylic acids is 1. The Kier molecular flexibility index (Phi) is 5.72. The highest BCUT2D eigenvalue weighted by Gasteiger charge is 2.30. The van der Waals surface area contributed by atoms with E-state index in [0.29, 0.717) is 0 Å². The van der Waals surface area contributed by atoms with Crippen molar-refractivity contribution in [1.29, 1.82) is 0 Å². The van der Waals surface area contributed by atoms with Gasteiger partial charge >= 0.3 is 6.18 Å². The molecule has 1 amide bonds. The Balaban J connectivity index is 1.96. The summed E-state index contributed by atoms with van der Waals surface area (Å²) in [4.78, 5) is 12.0. The maximum Gasteiger partial charge on any atom is 0.416 e. The van der Waals surface area contributed by atoms with Gasteiger partial charge in [-0.1, -0.05) is 29.8 Å². The molecule has 0 spiro atoms. The molecule has 0 saturated heterocycles. The predicted octanol–water partition coefficient (Wildman–Crippen LogP) is 4.58. The van der Waals surface area contributed by atoms with Gasteiger partial charge in [0.1, 0.15) is 5.75 Å². The molecule has 3 nitrogen and oxygen atoms in total. The number of benzene rings is 2. The highest BCUT2D eigenvalue weighted by atomic mass is 19.4. The largest absolute Gasteiger partial charge is 0.484 e. The third-order valence-corrected chi connectivity index (χ3v) is 3.81. The summed E-state index contributed by atoms with van der Waals surface area (Å²) in [6.45, 7) is 5.42. The first-order chi connectivity index (χ1) is 11.7. The first-order valence-electron chi connectivity index (χ1n) is 7.83. The van der Waals surface area contributed by atoms with Crippen LogP contribution in [0.25, 0.3) is 0 Å². The van der Waals surface area contributed by atoms with Crippen LogP contribution in [0.4, 0.5) is 13.2 Å². The summed E-state index contributed by atoms with van der Waals surface area (Å²) in [6.07, 6.45) is -4.45. The second-order valence-corrected chi connectivity index (χ2v) is 5.96. The van der Waals surface area contributed by atoms with Crippen LogP contribution >= 0.6 is 0 Å². The van der Waals surface area contributed by atoms with E-state index in [2.05, 4.69) is 5.32 Å². The molecule has 1 atom stereocenters. The third-order valence-electron chi connectivity index (χ3n) is 3.81. The van der Waals surface area contributed by atoms with Crippen LogP contribution in [0.15, 0.2) is 42.5 Å². The average Bonchev–Trinajstić information content (AvgIpc) is 2.54. The summed E-state index contributed by atoms with van der Waals surface area (Å²) in [7, 11) is 0. The number of halogens is 3. The third kappa shape index (κ3) is 5.24. The van der Waals surface area contributed by atoms with Gasteiger partial charge in [-0.3, -0.25) is 4.79 Å². The zero-order valence-electron chi connectivity index (χ0n) is 14.3. The summed E-state index contributed by atoms with van der Waals surface area (Å²) < 4.78 is 43.2. The van der Waals surface area contributed by atoms with Gasteiger partial charge in [-0.15, -0.1) is 0 Å². The van der Waals surface area contributed by atoms with Crippen molar-refractivity contribution in [3.05, 3.63) is 64.7 Å². The van der Waals surface area contributed by atoms with E-state index in [9.17, 15) is 18.0 Å². The van der Waals surface area contributed by atoms with E-state index in [1.807, 2.05) is 39.0 Å². The molecule has 0 radical (unpaired) electrons. The van der Waals surface area contributed by atoms with Crippen LogP contribution in [-0.4, -0.2) is 12.5 Å². The van der Waals surface area contributed by atoms with Crippen molar-refractivity contribution in [1.82, 2.24) is 5.32 Å². The summed E-state index contributed by atoms with van der Waals surface area (Å²) in [5.41, 5.74) is 2.32. The number of ether oxygens (including phenoxy) is 1. The molecule has 2 aromatic rings. The van der Waals surface area contributed by atoms with Crippen molar-refractivity contribution in [2.75, 3.05) is 6.61 Å². The highest BCUT2D eigenvalue weighted by molar-refractivity contribution is 5.78. The van der Waals surface area contributed by atoms with Crippen LogP contribution in [0.3, 0.4) is 0 Å². The number of rotatable bonds is 5. The molecule has 0 saturated carbocycles. The number of carbonyl (C=O) groups is 1. The molecule has 0 fully saturated rings. The molecule has 0 heterocycles. The number of hydrogen-bond donors (Lipinski definition) is 1. The smallest absolute Gasteiger partial charge is 0.416 e. The maximum atomic E-state index is 12.7. The first kappa shape index (κ1) is 18.8. The monoisotopic (exact) mass is 351 g/mol. The topological polar surface area (TPSA) is 38.3 Å². The molecule has 2 rings (SSSR count). The van der Waals surface area contributed by atoms with Crippen LogP contribution in [-0.2, 0) is 11.0 Å². The van der Waals surface area contributed by atoms with Gasteiger partial charge in [-0.05, 0) is 50.1 Å². The minimum atomic E-state index is -4.45. The van der Waals surface area contributed by atoms with Crippen molar-refractivity contribution < 1.29 is 22.7 Å². The predicted molar refractivity (Wildman–Crippen MR) is 89.4 cm³/mol. The van der Waals surface area contributed by atoms with Crippen molar-refractivity contribution in [2.24, 2.45) is 0 Å². The van der Waals surface area contributed by atoms with E-state index in [1.54, 1.807) is 0 Å². The fourth-order valence-corrected chi connectivity index (χ4v) is 2.50. The number of nitrogens with one attached hydrogen (secondary N) is 1. The van der Waals surface area contributed by atoms with Gasteiger partial charge in [0.15, 0.2) is 6.61 Å². The molecule has 0 aromatic heterocycles. The van der Waals surface area contributed by atoms with Gasteiger partial charge in [-0.2, -0.15) is 13.2 Å². The van der Waals surface area contributed by atoms with Crippen molar-refractivity contribution in [3.63, 3.8) is 0 Å². The summed E-state index contributed by atoms with van der Waals surface area (Å²) in [5.74, 6) is -0.393. The fourth-order valence-electron chi connectivity index (χ4n) is 2.50. The molecule has 0 aliphatic rings. The Hall–Kier alpha value is -2.50. The molecule has 6 heteroatoms. The van der Waals surface area contributed by atoms with Crippen LogP contribution in [0, 0.1) is 13.8 Å². The summed E-state index contributed by atoms with van der Waals surface area (Å²) >= 11 is 0. The molecule has 134 valence electrons. The van der Waals surface area contributed by atoms with Gasteiger partial charge in [0.25, 0.3) is 5.91 Å². The van der Waals surface area contributed by atoms with E-state index in [0.717, 1.165) is 28.8 Å². The molecule has 0 bridgehead atoms. The number of amides is 1. The lowest BCUT2D eigenvalue weighted by atomic mass is 10.00. The molecule has 2 aromatic carbocycles. The standard InChI is InChI=1S/C19H20F3NO2/c1-12-7-8-13(2)17(9-12)14(3)23-18(24)11-25-16-6-4-5-15(10-16)19(20,21)22/h4-10,14H,11H2,1-3H3,(H,23,24). The second-order valence-electron chi connectivity index (χ2n) is 5.96. The first-order valence-corrected chi connectivity index (χ1v) is 7.83. The normalized spacial score (nSPS) is 12.6. The van der Waals surface area contributed by atoms with Crippen LogP contribution in [0.5, 0.6) is 5.75 Å². The minimum absolute atomic E-state index is 0.00404. The average molecular weight is 351 g/mol. The fraction of sp³-hybridized carbons (Fsp3) is 0.316. The van der Waals surface area contributed by atoms with E-state index >= 15 is 0 Å².